The van der Waals surface area contributed by atoms with Gasteiger partial charge in [0.1, 0.15) is 5.82 Å². The molecule has 1 aromatic carbocycles. The highest BCUT2D eigenvalue weighted by Gasteiger charge is 2.21. The standard InChI is InChI=1S/C21H21N7O/c1-13-19-15(21(29)22-12-18-25-24-17-9-6-10-28(17)18)11-16(14-7-4-3-5-8-14)23-20(19)27(2)26-13/h3-5,7-8,11H,6,9-10,12H2,1-2H3,(H,22,29). The molecule has 146 valence electrons. The fourth-order valence-electron chi connectivity index (χ4n) is 3.98. The van der Waals surface area contributed by atoms with Crippen molar-refractivity contribution in [1.82, 2.24) is 34.8 Å². The summed E-state index contributed by atoms with van der Waals surface area (Å²) in [6.07, 6.45) is 2.02. The van der Waals surface area contributed by atoms with Crippen LogP contribution in [0.5, 0.6) is 0 Å². The van der Waals surface area contributed by atoms with Crippen LogP contribution < -0.4 is 5.32 Å². The SMILES string of the molecule is Cc1nn(C)c2nc(-c3ccccc3)cc(C(=O)NCc3nnc4n3CCC4)c12. The van der Waals surface area contributed by atoms with Crippen molar-refractivity contribution in [3.63, 3.8) is 0 Å². The molecule has 0 saturated carbocycles. The maximum absolute atomic E-state index is 13.2. The number of aromatic nitrogens is 6. The Labute approximate surface area is 167 Å². The third-order valence-corrected chi connectivity index (χ3v) is 5.38. The summed E-state index contributed by atoms with van der Waals surface area (Å²) < 4.78 is 3.81. The predicted octanol–water partition coefficient (Wildman–Crippen LogP) is 2.41. The fourth-order valence-corrected chi connectivity index (χ4v) is 3.98. The van der Waals surface area contributed by atoms with Gasteiger partial charge >= 0.3 is 0 Å². The number of nitrogens with one attached hydrogen (secondary N) is 1. The number of nitrogens with zero attached hydrogens (tertiary/aromatic N) is 6. The molecule has 3 aromatic heterocycles. The molecule has 0 radical (unpaired) electrons. The van der Waals surface area contributed by atoms with Gasteiger partial charge in [-0.25, -0.2) is 4.98 Å². The van der Waals surface area contributed by atoms with E-state index in [0.717, 1.165) is 53.4 Å². The van der Waals surface area contributed by atoms with Crippen LogP contribution in [0.2, 0.25) is 0 Å². The first kappa shape index (κ1) is 17.5. The maximum atomic E-state index is 13.2. The Kier molecular flexibility index (Phi) is 4.12. The van der Waals surface area contributed by atoms with Crippen molar-refractivity contribution in [2.45, 2.75) is 32.9 Å². The largest absolute Gasteiger partial charge is 0.345 e. The van der Waals surface area contributed by atoms with Gasteiger partial charge in [-0.15, -0.1) is 10.2 Å². The Morgan fingerprint density at radius 3 is 2.86 bits per heavy atom. The van der Waals surface area contributed by atoms with E-state index in [0.29, 0.717) is 17.8 Å². The molecule has 0 bridgehead atoms. The van der Waals surface area contributed by atoms with Crippen molar-refractivity contribution in [3.05, 3.63) is 59.3 Å². The molecular weight excluding hydrogens is 366 g/mol. The van der Waals surface area contributed by atoms with E-state index in [1.807, 2.05) is 50.4 Å². The smallest absolute Gasteiger partial charge is 0.252 e. The van der Waals surface area contributed by atoms with Gasteiger partial charge in [-0.2, -0.15) is 5.10 Å². The monoisotopic (exact) mass is 387 g/mol. The summed E-state index contributed by atoms with van der Waals surface area (Å²) >= 11 is 0. The minimum absolute atomic E-state index is 0.166. The van der Waals surface area contributed by atoms with E-state index in [2.05, 4.69) is 25.2 Å². The van der Waals surface area contributed by atoms with Gasteiger partial charge in [0.25, 0.3) is 5.91 Å². The van der Waals surface area contributed by atoms with Crippen molar-refractivity contribution >= 4 is 16.9 Å². The van der Waals surface area contributed by atoms with Gasteiger partial charge in [-0.3, -0.25) is 9.48 Å². The molecule has 4 heterocycles. The van der Waals surface area contributed by atoms with Gasteiger partial charge in [0.15, 0.2) is 11.5 Å². The molecule has 0 fully saturated rings. The second-order valence-corrected chi connectivity index (χ2v) is 7.30. The number of fused-ring (bicyclic) bond motifs is 2. The van der Waals surface area contributed by atoms with E-state index in [4.69, 9.17) is 4.98 Å². The molecule has 0 atom stereocenters. The first-order valence-electron chi connectivity index (χ1n) is 9.71. The number of benzene rings is 1. The van der Waals surface area contributed by atoms with Crippen molar-refractivity contribution in [2.24, 2.45) is 7.05 Å². The van der Waals surface area contributed by atoms with E-state index in [1.54, 1.807) is 4.68 Å². The quantitative estimate of drug-likeness (QED) is 0.581. The first-order chi connectivity index (χ1) is 14.1. The third-order valence-electron chi connectivity index (χ3n) is 5.38. The molecule has 0 spiro atoms. The summed E-state index contributed by atoms with van der Waals surface area (Å²) in [6.45, 7) is 3.15. The maximum Gasteiger partial charge on any atom is 0.252 e. The molecule has 0 saturated heterocycles. The van der Waals surface area contributed by atoms with Gasteiger partial charge < -0.3 is 9.88 Å². The number of carbonyl (C=O) groups is 1. The van der Waals surface area contributed by atoms with E-state index in [1.165, 1.54) is 0 Å². The molecule has 8 nitrogen and oxygen atoms in total. The molecule has 5 rings (SSSR count). The summed E-state index contributed by atoms with van der Waals surface area (Å²) in [5.41, 5.74) is 3.74. The highest BCUT2D eigenvalue weighted by molar-refractivity contribution is 6.07. The summed E-state index contributed by atoms with van der Waals surface area (Å²) in [6, 6.07) is 11.7. The highest BCUT2D eigenvalue weighted by atomic mass is 16.1. The molecule has 1 N–H and O–H groups in total. The van der Waals surface area contributed by atoms with Crippen LogP contribution in [0.1, 0.15) is 34.1 Å². The lowest BCUT2D eigenvalue weighted by molar-refractivity contribution is 0.0951. The van der Waals surface area contributed by atoms with Gasteiger partial charge in [-0.05, 0) is 19.4 Å². The number of pyridine rings is 1. The topological polar surface area (TPSA) is 90.5 Å². The molecule has 1 aliphatic rings. The van der Waals surface area contributed by atoms with Crippen LogP contribution in [0.25, 0.3) is 22.3 Å². The normalized spacial score (nSPS) is 13.0. The summed E-state index contributed by atoms with van der Waals surface area (Å²) in [4.78, 5) is 17.9. The predicted molar refractivity (Wildman–Crippen MR) is 108 cm³/mol. The van der Waals surface area contributed by atoms with Crippen LogP contribution in [0.4, 0.5) is 0 Å². The molecule has 4 aromatic rings. The van der Waals surface area contributed by atoms with Crippen LogP contribution in [-0.2, 0) is 26.6 Å². The lowest BCUT2D eigenvalue weighted by Gasteiger charge is -2.10. The number of amides is 1. The summed E-state index contributed by atoms with van der Waals surface area (Å²) in [5, 5.41) is 16.7. The van der Waals surface area contributed by atoms with Crippen molar-refractivity contribution in [3.8, 4) is 11.3 Å². The molecule has 0 unspecified atom stereocenters. The van der Waals surface area contributed by atoms with Gasteiger partial charge in [-0.1, -0.05) is 30.3 Å². The Bertz CT molecular complexity index is 1220. The molecule has 1 aliphatic heterocycles. The van der Waals surface area contributed by atoms with Gasteiger partial charge in [0, 0.05) is 25.6 Å². The van der Waals surface area contributed by atoms with Crippen molar-refractivity contribution < 1.29 is 4.79 Å². The number of hydrogen-bond acceptors (Lipinski definition) is 5. The number of aryl methyl sites for hydroxylation is 3. The van der Waals surface area contributed by atoms with Crippen molar-refractivity contribution in [2.75, 3.05) is 0 Å². The average Bonchev–Trinajstić information content (AvgIpc) is 3.42. The minimum atomic E-state index is -0.166. The first-order valence-corrected chi connectivity index (χ1v) is 9.71. The van der Waals surface area contributed by atoms with E-state index in [-0.39, 0.29) is 5.91 Å². The van der Waals surface area contributed by atoms with Gasteiger partial charge in [0.05, 0.1) is 28.9 Å². The van der Waals surface area contributed by atoms with Crippen LogP contribution in [0.15, 0.2) is 36.4 Å². The Hall–Kier alpha value is -3.55. The third kappa shape index (κ3) is 2.97. The fraction of sp³-hybridized carbons (Fsp3) is 0.286. The van der Waals surface area contributed by atoms with Crippen molar-refractivity contribution in [1.29, 1.82) is 0 Å². The zero-order chi connectivity index (χ0) is 20.0. The zero-order valence-corrected chi connectivity index (χ0v) is 16.4. The van der Waals surface area contributed by atoms with E-state index in [9.17, 15) is 4.79 Å². The Morgan fingerprint density at radius 1 is 1.21 bits per heavy atom. The van der Waals surface area contributed by atoms with Crippen LogP contribution in [0, 0.1) is 6.92 Å². The van der Waals surface area contributed by atoms with Crippen LogP contribution >= 0.6 is 0 Å². The second kappa shape index (κ2) is 6.80. The Morgan fingerprint density at radius 2 is 2.03 bits per heavy atom. The molecule has 0 aliphatic carbocycles. The Balaban J connectivity index is 1.53. The van der Waals surface area contributed by atoms with E-state index < -0.39 is 0 Å². The lowest BCUT2D eigenvalue weighted by Crippen LogP contribution is -2.25. The number of carbonyl (C=O) groups excluding carboxylic acids is 1. The lowest BCUT2D eigenvalue weighted by atomic mass is 10.0. The summed E-state index contributed by atoms with van der Waals surface area (Å²) in [5.74, 6) is 1.62. The van der Waals surface area contributed by atoms with Gasteiger partial charge in [0.2, 0.25) is 0 Å². The number of hydrogen-bond donors (Lipinski definition) is 1. The minimum Gasteiger partial charge on any atom is -0.345 e. The highest BCUT2D eigenvalue weighted by Crippen LogP contribution is 2.27. The zero-order valence-electron chi connectivity index (χ0n) is 16.4. The summed E-state index contributed by atoms with van der Waals surface area (Å²) in [7, 11) is 1.85. The molecular formula is C21H21N7O. The van der Waals surface area contributed by atoms with Crippen LogP contribution in [0.3, 0.4) is 0 Å². The molecule has 1 amide bonds. The molecule has 8 heteroatoms. The van der Waals surface area contributed by atoms with Crippen LogP contribution in [-0.4, -0.2) is 35.4 Å². The molecule has 29 heavy (non-hydrogen) atoms. The average molecular weight is 387 g/mol. The second-order valence-electron chi connectivity index (χ2n) is 7.30. The number of rotatable bonds is 4. The van der Waals surface area contributed by atoms with E-state index >= 15 is 0 Å².